The van der Waals surface area contributed by atoms with Gasteiger partial charge >= 0.3 is 12.1 Å². The molecule has 8 heteroatoms. The Labute approximate surface area is 245 Å². The molecule has 42 heavy (non-hydrogen) atoms. The Kier molecular flexibility index (Phi) is 11.1. The van der Waals surface area contributed by atoms with Gasteiger partial charge in [0.05, 0.1) is 7.11 Å². The summed E-state index contributed by atoms with van der Waals surface area (Å²) in [6, 6.07) is 33.7. The predicted molar refractivity (Wildman–Crippen MR) is 159 cm³/mol. The molecule has 0 aliphatic rings. The van der Waals surface area contributed by atoms with Crippen molar-refractivity contribution in [3.8, 4) is 5.75 Å². The van der Waals surface area contributed by atoms with Gasteiger partial charge in [0.15, 0.2) is 0 Å². The van der Waals surface area contributed by atoms with E-state index in [0.29, 0.717) is 12.4 Å². The number of ether oxygens (including phenoxy) is 3. The molecule has 8 nitrogen and oxygen atoms in total. The smallest absolute Gasteiger partial charge is 0.408 e. The Morgan fingerprint density at radius 3 is 1.67 bits per heavy atom. The molecule has 4 aromatic rings. The second-order valence-corrected chi connectivity index (χ2v) is 9.66. The number of amides is 2. The number of hydrogen-bond donors (Lipinski definition) is 2. The first-order chi connectivity index (χ1) is 20.5. The van der Waals surface area contributed by atoms with E-state index in [1.807, 2.05) is 115 Å². The van der Waals surface area contributed by atoms with Crippen LogP contribution in [0, 0.1) is 0 Å². The summed E-state index contributed by atoms with van der Waals surface area (Å²) in [6.45, 7) is 0.493. The standard InChI is InChI=1S/C34H34N2O6/c1-40-33(38)31(22-26-17-19-29(20-18-26)41-23-27-13-7-3-8-14-27)35-32(37)30(21-25-11-5-2-6-12-25)36-34(39)42-24-28-15-9-4-10-16-28/h2-20,30-31H,21-24H2,1H3,(H,35,37)(H,36,39)/t30-,31+/m1/s1. The van der Waals surface area contributed by atoms with E-state index in [1.54, 1.807) is 0 Å². The van der Waals surface area contributed by atoms with Crippen molar-refractivity contribution in [1.82, 2.24) is 10.6 Å². The van der Waals surface area contributed by atoms with Crippen molar-refractivity contribution in [2.24, 2.45) is 0 Å². The van der Waals surface area contributed by atoms with Crippen LogP contribution in [0.2, 0.25) is 0 Å². The number of carbonyl (C=O) groups is 3. The molecule has 0 heterocycles. The molecule has 216 valence electrons. The summed E-state index contributed by atoms with van der Waals surface area (Å²) in [6.07, 6.45) is -0.349. The molecule has 0 aliphatic carbocycles. The summed E-state index contributed by atoms with van der Waals surface area (Å²) in [5.74, 6) is -0.450. The quantitative estimate of drug-likeness (QED) is 0.221. The van der Waals surface area contributed by atoms with E-state index < -0.39 is 30.1 Å². The van der Waals surface area contributed by atoms with Crippen LogP contribution >= 0.6 is 0 Å². The highest BCUT2D eigenvalue weighted by Crippen LogP contribution is 2.16. The first-order valence-electron chi connectivity index (χ1n) is 13.6. The van der Waals surface area contributed by atoms with Crippen molar-refractivity contribution in [3.05, 3.63) is 138 Å². The van der Waals surface area contributed by atoms with Crippen LogP contribution in [-0.2, 0) is 45.1 Å². The van der Waals surface area contributed by atoms with Crippen LogP contribution in [0.3, 0.4) is 0 Å². The molecule has 0 spiro atoms. The van der Waals surface area contributed by atoms with Crippen LogP contribution < -0.4 is 15.4 Å². The van der Waals surface area contributed by atoms with Gasteiger partial charge in [0.2, 0.25) is 5.91 Å². The average molecular weight is 567 g/mol. The molecule has 2 amide bonds. The number of methoxy groups -OCH3 is 1. The van der Waals surface area contributed by atoms with Crippen LogP contribution in [0.15, 0.2) is 115 Å². The second kappa shape index (κ2) is 15.6. The second-order valence-electron chi connectivity index (χ2n) is 9.66. The highest BCUT2D eigenvalue weighted by molar-refractivity contribution is 5.90. The Morgan fingerprint density at radius 1 is 0.595 bits per heavy atom. The molecule has 0 bridgehead atoms. The van der Waals surface area contributed by atoms with Crippen LogP contribution in [0.5, 0.6) is 5.75 Å². The summed E-state index contributed by atoms with van der Waals surface area (Å²) in [4.78, 5) is 38.8. The fourth-order valence-corrected chi connectivity index (χ4v) is 4.27. The summed E-state index contributed by atoms with van der Waals surface area (Å²) in [5, 5.41) is 5.42. The molecule has 0 aromatic heterocycles. The maximum absolute atomic E-state index is 13.4. The average Bonchev–Trinajstić information content (AvgIpc) is 3.04. The molecule has 0 saturated heterocycles. The summed E-state index contributed by atoms with van der Waals surface area (Å²) < 4.78 is 16.2. The molecule has 2 atom stereocenters. The van der Waals surface area contributed by atoms with Gasteiger partial charge in [-0.1, -0.05) is 103 Å². The van der Waals surface area contributed by atoms with Crippen molar-refractivity contribution in [2.45, 2.75) is 38.1 Å². The molecule has 2 N–H and O–H groups in total. The van der Waals surface area contributed by atoms with E-state index in [2.05, 4.69) is 10.6 Å². The number of esters is 1. The van der Waals surface area contributed by atoms with Crippen LogP contribution in [-0.4, -0.2) is 37.2 Å². The van der Waals surface area contributed by atoms with Gasteiger partial charge in [0.25, 0.3) is 0 Å². The minimum Gasteiger partial charge on any atom is -0.489 e. The Hall–Kier alpha value is -5.11. The molecular weight excluding hydrogens is 532 g/mol. The molecular formula is C34H34N2O6. The van der Waals surface area contributed by atoms with Crippen LogP contribution in [0.4, 0.5) is 4.79 Å². The minimum atomic E-state index is -0.989. The van der Waals surface area contributed by atoms with Crippen LogP contribution in [0.1, 0.15) is 22.3 Å². The Morgan fingerprint density at radius 2 is 1.10 bits per heavy atom. The van der Waals surface area contributed by atoms with Gasteiger partial charge in [-0.15, -0.1) is 0 Å². The van der Waals surface area contributed by atoms with Crippen LogP contribution in [0.25, 0.3) is 0 Å². The van der Waals surface area contributed by atoms with E-state index in [4.69, 9.17) is 14.2 Å². The molecule has 0 unspecified atom stereocenters. The van der Waals surface area contributed by atoms with E-state index in [9.17, 15) is 14.4 Å². The van der Waals surface area contributed by atoms with Gasteiger partial charge in [-0.05, 0) is 34.4 Å². The number of carbonyl (C=O) groups excluding carboxylic acids is 3. The van der Waals surface area contributed by atoms with Crippen molar-refractivity contribution in [1.29, 1.82) is 0 Å². The molecule has 0 aliphatic heterocycles. The van der Waals surface area contributed by atoms with Gasteiger partial charge in [-0.3, -0.25) is 4.79 Å². The normalized spacial score (nSPS) is 11.9. The lowest BCUT2D eigenvalue weighted by molar-refractivity contribution is -0.145. The van der Waals surface area contributed by atoms with Gasteiger partial charge in [0, 0.05) is 12.8 Å². The summed E-state index contributed by atoms with van der Waals surface area (Å²) >= 11 is 0. The topological polar surface area (TPSA) is 103 Å². The highest BCUT2D eigenvalue weighted by atomic mass is 16.5. The molecule has 4 aromatic carbocycles. The third kappa shape index (κ3) is 9.52. The lowest BCUT2D eigenvalue weighted by Gasteiger charge is -2.22. The van der Waals surface area contributed by atoms with Crippen molar-refractivity contribution < 1.29 is 28.6 Å². The monoisotopic (exact) mass is 566 g/mol. The third-order valence-corrected chi connectivity index (χ3v) is 6.52. The first-order valence-corrected chi connectivity index (χ1v) is 13.6. The third-order valence-electron chi connectivity index (χ3n) is 6.52. The molecule has 4 rings (SSSR count). The van der Waals surface area contributed by atoms with Gasteiger partial charge in [0.1, 0.15) is 31.0 Å². The minimum absolute atomic E-state index is 0.0577. The van der Waals surface area contributed by atoms with Crippen molar-refractivity contribution in [2.75, 3.05) is 7.11 Å². The first kappa shape index (κ1) is 29.9. The zero-order valence-electron chi connectivity index (χ0n) is 23.4. The number of alkyl carbamates (subject to hydrolysis) is 1. The summed E-state index contributed by atoms with van der Waals surface area (Å²) in [7, 11) is 1.27. The van der Waals surface area contributed by atoms with E-state index in [1.165, 1.54) is 7.11 Å². The van der Waals surface area contributed by atoms with Gasteiger partial charge < -0.3 is 24.8 Å². The highest BCUT2D eigenvalue weighted by Gasteiger charge is 2.28. The zero-order chi connectivity index (χ0) is 29.6. The fourth-order valence-electron chi connectivity index (χ4n) is 4.27. The Balaban J connectivity index is 1.40. The van der Waals surface area contributed by atoms with E-state index >= 15 is 0 Å². The number of hydrogen-bond acceptors (Lipinski definition) is 6. The van der Waals surface area contributed by atoms with E-state index in [-0.39, 0.29) is 19.4 Å². The van der Waals surface area contributed by atoms with Crippen molar-refractivity contribution >= 4 is 18.0 Å². The largest absolute Gasteiger partial charge is 0.489 e. The predicted octanol–water partition coefficient (Wildman–Crippen LogP) is 5.00. The van der Waals surface area contributed by atoms with E-state index in [0.717, 1.165) is 22.3 Å². The number of nitrogens with one attached hydrogen (secondary N) is 2. The number of benzene rings is 4. The van der Waals surface area contributed by atoms with Gasteiger partial charge in [-0.2, -0.15) is 0 Å². The zero-order valence-corrected chi connectivity index (χ0v) is 23.4. The summed E-state index contributed by atoms with van der Waals surface area (Å²) in [5.41, 5.74) is 3.51. The fraction of sp³-hybridized carbons (Fsp3) is 0.206. The molecule has 0 radical (unpaired) electrons. The lowest BCUT2D eigenvalue weighted by Crippen LogP contribution is -2.53. The molecule has 0 fully saturated rings. The molecule has 0 saturated carbocycles. The number of rotatable bonds is 13. The maximum Gasteiger partial charge on any atom is 0.408 e. The lowest BCUT2D eigenvalue weighted by atomic mass is 10.0. The van der Waals surface area contributed by atoms with Crippen molar-refractivity contribution in [3.63, 3.8) is 0 Å². The Bertz CT molecular complexity index is 1410. The maximum atomic E-state index is 13.4. The van der Waals surface area contributed by atoms with Gasteiger partial charge in [-0.25, -0.2) is 9.59 Å². The SMILES string of the molecule is COC(=O)[C@H](Cc1ccc(OCc2ccccc2)cc1)NC(=O)[C@@H](Cc1ccccc1)NC(=O)OCc1ccccc1.